The Morgan fingerprint density at radius 2 is 1.82 bits per heavy atom. The molecule has 0 fully saturated rings. The third-order valence-corrected chi connectivity index (χ3v) is 6.95. The molecule has 2 heterocycles. The number of hydrogen-bond donors (Lipinski definition) is 2. The number of Topliss-reactive ketones (excluding diaryl/α,β-unsaturated/α-hetero) is 3. The number of fused-ring (bicyclic) bond motifs is 5. The highest BCUT2D eigenvalue weighted by atomic mass is 79.9. The van der Waals surface area contributed by atoms with Gasteiger partial charge in [0.2, 0.25) is 5.78 Å². The van der Waals surface area contributed by atoms with Crippen molar-refractivity contribution in [2.45, 2.75) is 26.2 Å². The molecule has 7 nitrogen and oxygen atoms in total. The van der Waals surface area contributed by atoms with Gasteiger partial charge in [0.25, 0.3) is 0 Å². The molecule has 8 heteroatoms. The van der Waals surface area contributed by atoms with Gasteiger partial charge in [0, 0.05) is 16.1 Å². The number of ether oxygens (including phenoxy) is 2. The van der Waals surface area contributed by atoms with Gasteiger partial charge < -0.3 is 19.7 Å². The van der Waals surface area contributed by atoms with E-state index in [-0.39, 0.29) is 51.0 Å². The molecule has 2 aromatic rings. The Kier molecular flexibility index (Phi) is 4.45. The van der Waals surface area contributed by atoms with Crippen LogP contribution in [0.3, 0.4) is 0 Å². The predicted molar refractivity (Wildman–Crippen MR) is 121 cm³/mol. The summed E-state index contributed by atoms with van der Waals surface area (Å²) in [4.78, 5) is 38.7. The molecule has 0 saturated carbocycles. The van der Waals surface area contributed by atoms with Gasteiger partial charge in [0.1, 0.15) is 39.6 Å². The summed E-state index contributed by atoms with van der Waals surface area (Å²) in [5.74, 6) is -2.43. The lowest BCUT2D eigenvalue weighted by Gasteiger charge is -2.27. The first-order valence-electron chi connectivity index (χ1n) is 10.0. The fraction of sp³-hybridized carbons (Fsp3) is 0.160. The quantitative estimate of drug-likeness (QED) is 0.450. The van der Waals surface area contributed by atoms with E-state index in [0.29, 0.717) is 5.56 Å². The predicted octanol–water partition coefficient (Wildman–Crippen LogP) is 4.60. The zero-order chi connectivity index (χ0) is 23.8. The van der Waals surface area contributed by atoms with Crippen LogP contribution in [0.1, 0.15) is 40.9 Å². The van der Waals surface area contributed by atoms with E-state index >= 15 is 0 Å². The summed E-state index contributed by atoms with van der Waals surface area (Å²) in [6.45, 7) is 4.24. The number of halogens is 1. The van der Waals surface area contributed by atoms with E-state index in [1.54, 1.807) is 19.1 Å². The Morgan fingerprint density at radius 1 is 1.12 bits per heavy atom. The lowest BCUT2D eigenvalue weighted by atomic mass is 9.71. The Hall–Kier alpha value is -3.65. The molecule has 0 aromatic heterocycles. The minimum absolute atomic E-state index is 0.0177. The molecule has 0 saturated heterocycles. The van der Waals surface area contributed by atoms with Crippen molar-refractivity contribution in [1.82, 2.24) is 0 Å². The van der Waals surface area contributed by atoms with Crippen LogP contribution in [0.15, 0.2) is 57.7 Å². The molecule has 0 unspecified atom stereocenters. The maximum atomic E-state index is 13.4. The van der Waals surface area contributed by atoms with Crippen molar-refractivity contribution in [3.8, 4) is 17.2 Å². The average molecular weight is 509 g/mol. The van der Waals surface area contributed by atoms with Gasteiger partial charge in [-0.2, -0.15) is 0 Å². The van der Waals surface area contributed by atoms with Crippen LogP contribution in [-0.2, 0) is 15.0 Å². The van der Waals surface area contributed by atoms with Gasteiger partial charge in [-0.25, -0.2) is 0 Å². The molecule has 0 amide bonds. The highest BCUT2D eigenvalue weighted by molar-refractivity contribution is 9.10. The molecule has 3 aliphatic rings. The number of carbonyl (C=O) groups is 3. The van der Waals surface area contributed by atoms with Crippen LogP contribution in [0.5, 0.6) is 17.2 Å². The number of hydrogen-bond acceptors (Lipinski definition) is 7. The largest absolute Gasteiger partial charge is 0.507 e. The molecule has 0 radical (unpaired) electrons. The molecule has 5 rings (SSSR count). The van der Waals surface area contributed by atoms with E-state index in [9.17, 15) is 24.6 Å². The van der Waals surface area contributed by atoms with Crippen LogP contribution in [0, 0.1) is 6.92 Å². The highest BCUT2D eigenvalue weighted by Gasteiger charge is 2.56. The molecule has 1 aliphatic carbocycles. The molecular formula is C25H17BrO7. The molecule has 0 spiro atoms. The summed E-state index contributed by atoms with van der Waals surface area (Å²) in [6.07, 6.45) is 2.75. The summed E-state index contributed by atoms with van der Waals surface area (Å²) < 4.78 is 12.5. The molecule has 0 bridgehead atoms. The number of ketones is 3. The number of aliphatic hydroxyl groups excluding tert-OH is 1. The second-order valence-corrected chi connectivity index (χ2v) is 9.08. The molecule has 33 heavy (non-hydrogen) atoms. The second-order valence-electron chi connectivity index (χ2n) is 8.22. The molecule has 166 valence electrons. The number of allylic oxidation sites excluding steroid dienone is 4. The van der Waals surface area contributed by atoms with E-state index in [2.05, 4.69) is 15.9 Å². The minimum atomic E-state index is -1.58. The van der Waals surface area contributed by atoms with E-state index in [1.807, 2.05) is 18.2 Å². The fourth-order valence-corrected chi connectivity index (χ4v) is 4.86. The first kappa shape index (κ1) is 21.2. The van der Waals surface area contributed by atoms with Crippen LogP contribution in [0.25, 0.3) is 6.08 Å². The number of rotatable bonds is 2. The van der Waals surface area contributed by atoms with Gasteiger partial charge in [0.05, 0.1) is 5.56 Å². The zero-order valence-corrected chi connectivity index (χ0v) is 19.4. The van der Waals surface area contributed by atoms with Crippen LogP contribution >= 0.6 is 15.9 Å². The third-order valence-electron chi connectivity index (χ3n) is 6.23. The summed E-state index contributed by atoms with van der Waals surface area (Å²) in [7, 11) is 0. The number of aromatic hydroxyl groups is 1. The standard InChI is InChI=1S/C25H17BrO7/c1-10-20(29)19-23(33-16-9-14(28)17(11(2)27)24(31)25(16,19)3)18-21(30)15(32-22(10)18)8-12-6-4-5-7-13(12)26/h4-9,28-29H,1-3H3/b15-8-/t25-/m0/s1. The highest BCUT2D eigenvalue weighted by Crippen LogP contribution is 2.59. The van der Waals surface area contributed by atoms with Crippen molar-refractivity contribution in [1.29, 1.82) is 0 Å². The summed E-state index contributed by atoms with van der Waals surface area (Å²) in [6, 6.07) is 7.29. The van der Waals surface area contributed by atoms with Gasteiger partial charge >= 0.3 is 0 Å². The second kappa shape index (κ2) is 6.92. The van der Waals surface area contributed by atoms with Gasteiger partial charge in [-0.15, -0.1) is 0 Å². The van der Waals surface area contributed by atoms with Gasteiger partial charge in [-0.05, 0) is 38.5 Å². The first-order valence-corrected chi connectivity index (χ1v) is 10.8. The Labute approximate surface area is 196 Å². The van der Waals surface area contributed by atoms with Gasteiger partial charge in [-0.3, -0.25) is 14.4 Å². The summed E-state index contributed by atoms with van der Waals surface area (Å²) in [5, 5.41) is 21.3. The van der Waals surface area contributed by atoms with E-state index in [4.69, 9.17) is 9.47 Å². The van der Waals surface area contributed by atoms with Crippen molar-refractivity contribution in [3.05, 3.63) is 79.9 Å². The maximum absolute atomic E-state index is 13.4. The van der Waals surface area contributed by atoms with Gasteiger partial charge in [-0.1, -0.05) is 34.1 Å². The third kappa shape index (κ3) is 2.70. The Balaban J connectivity index is 1.72. The zero-order valence-electron chi connectivity index (χ0n) is 17.8. The lowest BCUT2D eigenvalue weighted by molar-refractivity contribution is -0.123. The first-order chi connectivity index (χ1) is 15.6. The van der Waals surface area contributed by atoms with Crippen LogP contribution < -0.4 is 9.47 Å². The van der Waals surface area contributed by atoms with Crippen molar-refractivity contribution >= 4 is 39.4 Å². The normalized spacial score (nSPS) is 21.9. The van der Waals surface area contributed by atoms with E-state index in [1.165, 1.54) is 19.9 Å². The van der Waals surface area contributed by atoms with Crippen molar-refractivity contribution in [2.24, 2.45) is 0 Å². The number of aliphatic hydroxyl groups is 1. The minimum Gasteiger partial charge on any atom is -0.507 e. The fourth-order valence-electron chi connectivity index (χ4n) is 4.46. The Bertz CT molecular complexity index is 1430. The molecule has 1 atom stereocenters. The van der Waals surface area contributed by atoms with Crippen LogP contribution in [0.4, 0.5) is 0 Å². The monoisotopic (exact) mass is 508 g/mol. The molecule has 2 aliphatic heterocycles. The van der Waals surface area contributed by atoms with Crippen LogP contribution in [-0.4, -0.2) is 27.6 Å². The topological polar surface area (TPSA) is 110 Å². The molecular weight excluding hydrogens is 492 g/mol. The number of phenols is 1. The maximum Gasteiger partial charge on any atom is 0.235 e. The summed E-state index contributed by atoms with van der Waals surface area (Å²) in [5.41, 5.74) is -0.845. The average Bonchev–Trinajstić information content (AvgIpc) is 3.23. The molecule has 2 aromatic carbocycles. The Morgan fingerprint density at radius 3 is 2.48 bits per heavy atom. The van der Waals surface area contributed by atoms with Crippen molar-refractivity contribution < 1.29 is 34.1 Å². The molecule has 2 N–H and O–H groups in total. The lowest BCUT2D eigenvalue weighted by Crippen LogP contribution is -2.38. The number of benzene rings is 2. The number of carbonyl (C=O) groups excluding carboxylic acids is 3. The number of phenolic OH excluding ortho intramolecular Hbond substituents is 1. The van der Waals surface area contributed by atoms with E-state index in [0.717, 1.165) is 4.47 Å². The van der Waals surface area contributed by atoms with Gasteiger partial charge in [0.15, 0.2) is 23.1 Å². The van der Waals surface area contributed by atoms with Crippen LogP contribution in [0.2, 0.25) is 0 Å². The summed E-state index contributed by atoms with van der Waals surface area (Å²) >= 11 is 3.44. The van der Waals surface area contributed by atoms with E-state index < -0.39 is 28.5 Å². The van der Waals surface area contributed by atoms with Crippen molar-refractivity contribution in [3.63, 3.8) is 0 Å². The smallest absolute Gasteiger partial charge is 0.235 e. The van der Waals surface area contributed by atoms with Crippen molar-refractivity contribution in [2.75, 3.05) is 0 Å². The SMILES string of the molecule is CC(=O)C1=C(O)C=C2Oc3c4c(c(C)c(O)c3[C@@]2(C)C1=O)O/C(=C\c1ccccc1Br)C4=O.